The average molecular weight is 304 g/mol. The summed E-state index contributed by atoms with van der Waals surface area (Å²) in [6, 6.07) is 1.80. The molecule has 2 amide bonds. The minimum Gasteiger partial charge on any atom is -0.466 e. The second-order valence-corrected chi connectivity index (χ2v) is 6.43. The summed E-state index contributed by atoms with van der Waals surface area (Å²) in [4.78, 5) is 28.7. The van der Waals surface area contributed by atoms with Gasteiger partial charge in [-0.3, -0.25) is 9.59 Å². The SMILES string of the molecule is Cc1cc(C(=O)N2CCN(C(=O)C3CCCC3)CC2)c(C)o1. The van der Waals surface area contributed by atoms with E-state index in [-0.39, 0.29) is 11.8 Å². The highest BCUT2D eigenvalue weighted by Crippen LogP contribution is 2.27. The topological polar surface area (TPSA) is 53.8 Å². The molecule has 1 aliphatic heterocycles. The van der Waals surface area contributed by atoms with Crippen molar-refractivity contribution in [1.29, 1.82) is 0 Å². The number of rotatable bonds is 2. The number of furan rings is 1. The number of amides is 2. The van der Waals surface area contributed by atoms with Crippen LogP contribution >= 0.6 is 0 Å². The van der Waals surface area contributed by atoms with E-state index >= 15 is 0 Å². The average Bonchev–Trinajstić information content (AvgIpc) is 3.15. The Bertz CT molecular complexity index is 564. The first-order valence-electron chi connectivity index (χ1n) is 8.21. The van der Waals surface area contributed by atoms with Gasteiger partial charge in [0.25, 0.3) is 5.91 Å². The molecule has 1 saturated heterocycles. The third kappa shape index (κ3) is 2.89. The molecule has 1 saturated carbocycles. The summed E-state index contributed by atoms with van der Waals surface area (Å²) in [5.41, 5.74) is 0.646. The minimum atomic E-state index is 0.0160. The summed E-state index contributed by atoms with van der Waals surface area (Å²) in [5, 5.41) is 0. The lowest BCUT2D eigenvalue weighted by atomic mass is 10.1. The normalized spacial score (nSPS) is 19.7. The molecule has 0 aromatic carbocycles. The maximum Gasteiger partial charge on any atom is 0.257 e. The zero-order valence-electron chi connectivity index (χ0n) is 13.4. The van der Waals surface area contributed by atoms with Gasteiger partial charge in [-0.05, 0) is 32.8 Å². The highest BCUT2D eigenvalue weighted by atomic mass is 16.3. The molecule has 22 heavy (non-hydrogen) atoms. The molecule has 5 nitrogen and oxygen atoms in total. The zero-order chi connectivity index (χ0) is 15.7. The molecule has 1 aromatic rings. The summed E-state index contributed by atoms with van der Waals surface area (Å²) in [7, 11) is 0. The molecular formula is C17H24N2O3. The minimum absolute atomic E-state index is 0.0160. The lowest BCUT2D eigenvalue weighted by molar-refractivity contribution is -0.136. The number of nitrogens with zero attached hydrogens (tertiary/aromatic N) is 2. The zero-order valence-corrected chi connectivity index (χ0v) is 13.4. The van der Waals surface area contributed by atoms with Crippen molar-refractivity contribution in [2.45, 2.75) is 39.5 Å². The van der Waals surface area contributed by atoms with Gasteiger partial charge in [0.05, 0.1) is 5.56 Å². The van der Waals surface area contributed by atoms with Crippen LogP contribution in [0.15, 0.2) is 10.5 Å². The van der Waals surface area contributed by atoms with Crippen LogP contribution in [0.1, 0.15) is 47.6 Å². The maximum absolute atomic E-state index is 12.5. The molecule has 0 bridgehead atoms. The first-order chi connectivity index (χ1) is 10.6. The van der Waals surface area contributed by atoms with Gasteiger partial charge in [0.1, 0.15) is 11.5 Å². The number of aryl methyl sites for hydroxylation is 2. The van der Waals surface area contributed by atoms with Gasteiger partial charge in [-0.1, -0.05) is 12.8 Å². The maximum atomic E-state index is 12.5. The molecule has 0 N–H and O–H groups in total. The molecule has 1 aromatic heterocycles. The Hall–Kier alpha value is -1.78. The molecule has 2 fully saturated rings. The summed E-state index contributed by atoms with van der Waals surface area (Å²) < 4.78 is 5.44. The number of carbonyl (C=O) groups excluding carboxylic acids is 2. The van der Waals surface area contributed by atoms with Crippen LogP contribution in [-0.2, 0) is 4.79 Å². The van der Waals surface area contributed by atoms with Crippen LogP contribution in [0, 0.1) is 19.8 Å². The third-order valence-electron chi connectivity index (χ3n) is 4.85. The second kappa shape index (κ2) is 6.15. The van der Waals surface area contributed by atoms with Gasteiger partial charge in [-0.25, -0.2) is 0 Å². The van der Waals surface area contributed by atoms with Crippen LogP contribution in [0.3, 0.4) is 0 Å². The predicted molar refractivity (Wildman–Crippen MR) is 82.6 cm³/mol. The second-order valence-electron chi connectivity index (χ2n) is 6.43. The van der Waals surface area contributed by atoms with E-state index in [1.807, 2.05) is 23.6 Å². The van der Waals surface area contributed by atoms with Gasteiger partial charge in [0, 0.05) is 32.1 Å². The Morgan fingerprint density at radius 1 is 1.05 bits per heavy atom. The fourth-order valence-corrected chi connectivity index (χ4v) is 3.57. The smallest absolute Gasteiger partial charge is 0.257 e. The summed E-state index contributed by atoms with van der Waals surface area (Å²) in [5.74, 6) is 1.96. The molecule has 2 heterocycles. The summed E-state index contributed by atoms with van der Waals surface area (Å²) in [6.45, 7) is 6.19. The fourth-order valence-electron chi connectivity index (χ4n) is 3.57. The molecule has 0 spiro atoms. The van der Waals surface area contributed by atoms with E-state index in [9.17, 15) is 9.59 Å². The number of carbonyl (C=O) groups is 2. The summed E-state index contributed by atoms with van der Waals surface area (Å²) >= 11 is 0. The van der Waals surface area contributed by atoms with Crippen molar-refractivity contribution in [3.8, 4) is 0 Å². The van der Waals surface area contributed by atoms with Crippen LogP contribution in [0.2, 0.25) is 0 Å². The monoisotopic (exact) mass is 304 g/mol. The molecule has 120 valence electrons. The van der Waals surface area contributed by atoms with Crippen molar-refractivity contribution in [2.75, 3.05) is 26.2 Å². The Labute approximate surface area is 131 Å². The van der Waals surface area contributed by atoms with E-state index in [1.54, 1.807) is 6.07 Å². The molecule has 3 rings (SSSR count). The van der Waals surface area contributed by atoms with Crippen molar-refractivity contribution in [3.63, 3.8) is 0 Å². The molecule has 2 aliphatic rings. The van der Waals surface area contributed by atoms with Crippen molar-refractivity contribution in [1.82, 2.24) is 9.80 Å². The first kappa shape index (κ1) is 15.1. The molecule has 5 heteroatoms. The van der Waals surface area contributed by atoms with Gasteiger partial charge < -0.3 is 14.2 Å². The van der Waals surface area contributed by atoms with Crippen LogP contribution in [0.5, 0.6) is 0 Å². The number of hydrogen-bond donors (Lipinski definition) is 0. The standard InChI is InChI=1S/C17H24N2O3/c1-12-11-15(13(2)22-12)17(21)19-9-7-18(8-10-19)16(20)14-5-3-4-6-14/h11,14H,3-10H2,1-2H3. The van der Waals surface area contributed by atoms with E-state index in [0.29, 0.717) is 43.4 Å². The Morgan fingerprint density at radius 3 is 2.18 bits per heavy atom. The number of piperazine rings is 1. The molecule has 1 aliphatic carbocycles. The summed E-state index contributed by atoms with van der Waals surface area (Å²) in [6.07, 6.45) is 4.42. The highest BCUT2D eigenvalue weighted by molar-refractivity contribution is 5.95. The van der Waals surface area contributed by atoms with E-state index in [2.05, 4.69) is 0 Å². The molecule has 0 radical (unpaired) electrons. The number of hydrogen-bond acceptors (Lipinski definition) is 3. The van der Waals surface area contributed by atoms with Crippen molar-refractivity contribution in [3.05, 3.63) is 23.2 Å². The lowest BCUT2D eigenvalue weighted by Crippen LogP contribution is -2.51. The Balaban J connectivity index is 1.58. The van der Waals surface area contributed by atoms with Gasteiger partial charge >= 0.3 is 0 Å². The van der Waals surface area contributed by atoms with E-state index in [1.165, 1.54) is 12.8 Å². The van der Waals surface area contributed by atoms with Crippen LogP contribution in [0.25, 0.3) is 0 Å². The van der Waals surface area contributed by atoms with Gasteiger partial charge in [-0.15, -0.1) is 0 Å². The largest absolute Gasteiger partial charge is 0.466 e. The molecular weight excluding hydrogens is 280 g/mol. The van der Waals surface area contributed by atoms with Crippen molar-refractivity contribution < 1.29 is 14.0 Å². The quantitative estimate of drug-likeness (QED) is 0.843. The fraction of sp³-hybridized carbons (Fsp3) is 0.647. The van der Waals surface area contributed by atoms with E-state index in [0.717, 1.165) is 18.6 Å². The first-order valence-corrected chi connectivity index (χ1v) is 8.21. The van der Waals surface area contributed by atoms with Crippen LogP contribution in [0.4, 0.5) is 0 Å². The van der Waals surface area contributed by atoms with E-state index < -0.39 is 0 Å². The third-order valence-corrected chi connectivity index (χ3v) is 4.85. The Kier molecular flexibility index (Phi) is 4.23. The van der Waals surface area contributed by atoms with Crippen LogP contribution in [-0.4, -0.2) is 47.8 Å². The van der Waals surface area contributed by atoms with E-state index in [4.69, 9.17) is 4.42 Å². The van der Waals surface area contributed by atoms with Crippen LogP contribution < -0.4 is 0 Å². The predicted octanol–water partition coefficient (Wildman–Crippen LogP) is 2.37. The van der Waals surface area contributed by atoms with Gasteiger partial charge in [-0.2, -0.15) is 0 Å². The van der Waals surface area contributed by atoms with Crippen molar-refractivity contribution in [2.24, 2.45) is 5.92 Å². The Morgan fingerprint density at radius 2 is 1.64 bits per heavy atom. The van der Waals surface area contributed by atoms with Crippen molar-refractivity contribution >= 4 is 11.8 Å². The highest BCUT2D eigenvalue weighted by Gasteiger charge is 2.31. The lowest BCUT2D eigenvalue weighted by Gasteiger charge is -2.36. The molecule has 0 atom stereocenters. The van der Waals surface area contributed by atoms with Gasteiger partial charge in [0.2, 0.25) is 5.91 Å². The van der Waals surface area contributed by atoms with Gasteiger partial charge in [0.15, 0.2) is 0 Å². The molecule has 0 unspecified atom stereocenters.